The van der Waals surface area contributed by atoms with Crippen LogP contribution in [0.2, 0.25) is 0 Å². The summed E-state index contributed by atoms with van der Waals surface area (Å²) in [6, 6.07) is 0.726. The van der Waals surface area contributed by atoms with Crippen LogP contribution in [0, 0.1) is 5.92 Å². The van der Waals surface area contributed by atoms with Crippen molar-refractivity contribution in [3.05, 3.63) is 28.6 Å². The van der Waals surface area contributed by atoms with Gasteiger partial charge in [-0.2, -0.15) is 13.2 Å². The van der Waals surface area contributed by atoms with Crippen molar-refractivity contribution in [2.24, 2.45) is 5.92 Å². The fraction of sp³-hybridized carbons (Fsp3) is 0.500. The molecule has 0 aromatic carbocycles. The van der Waals surface area contributed by atoms with Gasteiger partial charge in [-0.1, -0.05) is 13.8 Å². The summed E-state index contributed by atoms with van der Waals surface area (Å²) in [5.41, 5.74) is -4.20. The molecule has 20 heavy (non-hydrogen) atoms. The third kappa shape index (κ3) is 3.64. The molecule has 0 bridgehead atoms. The molecule has 1 heterocycles. The van der Waals surface area contributed by atoms with E-state index in [1.807, 2.05) is 0 Å². The van der Waals surface area contributed by atoms with Gasteiger partial charge in [0.2, 0.25) is 0 Å². The molecule has 112 valence electrons. The van der Waals surface area contributed by atoms with Crippen LogP contribution in [0.4, 0.5) is 22.0 Å². The lowest BCUT2D eigenvalue weighted by Crippen LogP contribution is -2.20. The maximum Gasteiger partial charge on any atom is 0.434 e. The van der Waals surface area contributed by atoms with Gasteiger partial charge in [0.25, 0.3) is 6.43 Å². The molecular weight excluding hydrogens is 285 g/mol. The van der Waals surface area contributed by atoms with Crippen LogP contribution in [-0.2, 0) is 12.6 Å². The average molecular weight is 297 g/mol. The van der Waals surface area contributed by atoms with Crippen LogP contribution < -0.4 is 0 Å². The minimum absolute atomic E-state index is 0.0625. The minimum Gasteiger partial charge on any atom is -0.478 e. The van der Waals surface area contributed by atoms with Crippen LogP contribution in [0.15, 0.2) is 6.07 Å². The Morgan fingerprint density at radius 2 is 1.90 bits per heavy atom. The molecule has 0 fully saturated rings. The first-order chi connectivity index (χ1) is 9.04. The van der Waals surface area contributed by atoms with Crippen LogP contribution in [0.1, 0.15) is 47.6 Å². The number of aromatic carboxylic acids is 1. The number of pyridine rings is 1. The topological polar surface area (TPSA) is 50.2 Å². The first kappa shape index (κ1) is 16.3. The quantitative estimate of drug-likeness (QED) is 0.856. The number of aromatic nitrogens is 1. The van der Waals surface area contributed by atoms with Gasteiger partial charge >= 0.3 is 12.1 Å². The van der Waals surface area contributed by atoms with Gasteiger partial charge in [-0.25, -0.2) is 18.6 Å². The summed E-state index contributed by atoms with van der Waals surface area (Å²) in [5, 5.41) is 8.92. The lowest BCUT2D eigenvalue weighted by Gasteiger charge is -2.16. The minimum atomic E-state index is -5.11. The van der Waals surface area contributed by atoms with Crippen molar-refractivity contribution < 1.29 is 31.9 Å². The normalized spacial score (nSPS) is 12.2. The van der Waals surface area contributed by atoms with Gasteiger partial charge in [0, 0.05) is 0 Å². The maximum atomic E-state index is 12.8. The van der Waals surface area contributed by atoms with Gasteiger partial charge in [0.1, 0.15) is 5.69 Å². The monoisotopic (exact) mass is 297 g/mol. The Hall–Kier alpha value is -1.73. The van der Waals surface area contributed by atoms with Crippen molar-refractivity contribution in [1.29, 1.82) is 0 Å². The van der Waals surface area contributed by atoms with Gasteiger partial charge in [0.15, 0.2) is 5.69 Å². The second kappa shape index (κ2) is 5.72. The van der Waals surface area contributed by atoms with Crippen LogP contribution in [0.5, 0.6) is 0 Å². The fourth-order valence-electron chi connectivity index (χ4n) is 1.78. The van der Waals surface area contributed by atoms with E-state index in [0.29, 0.717) is 0 Å². The zero-order valence-electron chi connectivity index (χ0n) is 10.6. The molecule has 1 N–H and O–H groups in total. The molecule has 0 radical (unpaired) electrons. The summed E-state index contributed by atoms with van der Waals surface area (Å²) in [6.45, 7) is 3.28. The predicted octanol–water partition coefficient (Wildman–Crippen LogP) is 3.93. The second-order valence-electron chi connectivity index (χ2n) is 4.63. The lowest BCUT2D eigenvalue weighted by molar-refractivity contribution is -0.142. The van der Waals surface area contributed by atoms with E-state index in [1.165, 1.54) is 0 Å². The number of hydrogen-bond donors (Lipinski definition) is 1. The first-order valence-corrected chi connectivity index (χ1v) is 5.66. The van der Waals surface area contributed by atoms with E-state index >= 15 is 0 Å². The zero-order valence-corrected chi connectivity index (χ0v) is 10.6. The largest absolute Gasteiger partial charge is 0.478 e. The molecule has 0 unspecified atom stereocenters. The van der Waals surface area contributed by atoms with Crippen LogP contribution >= 0.6 is 0 Å². The maximum absolute atomic E-state index is 12.8. The Balaban J connectivity index is 3.62. The Morgan fingerprint density at radius 1 is 1.35 bits per heavy atom. The van der Waals surface area contributed by atoms with Crippen molar-refractivity contribution >= 4 is 5.97 Å². The molecule has 1 aromatic rings. The summed E-state index contributed by atoms with van der Waals surface area (Å²) in [4.78, 5) is 13.8. The summed E-state index contributed by atoms with van der Waals surface area (Å²) >= 11 is 0. The van der Waals surface area contributed by atoms with Gasteiger partial charge in [0.05, 0.1) is 5.56 Å². The van der Waals surface area contributed by atoms with Crippen LogP contribution in [-0.4, -0.2) is 16.1 Å². The van der Waals surface area contributed by atoms with Crippen molar-refractivity contribution in [3.63, 3.8) is 0 Å². The number of rotatable bonds is 4. The molecule has 0 aliphatic rings. The van der Waals surface area contributed by atoms with Gasteiger partial charge in [-0.3, -0.25) is 0 Å². The molecule has 0 amide bonds. The van der Waals surface area contributed by atoms with Crippen LogP contribution in [0.25, 0.3) is 0 Å². The number of carbonyl (C=O) groups is 1. The van der Waals surface area contributed by atoms with E-state index in [9.17, 15) is 26.7 Å². The molecule has 0 aliphatic carbocycles. The molecule has 1 aromatic heterocycles. The first-order valence-electron chi connectivity index (χ1n) is 5.66. The number of alkyl halides is 5. The van der Waals surface area contributed by atoms with Crippen molar-refractivity contribution in [3.8, 4) is 0 Å². The van der Waals surface area contributed by atoms with Crippen LogP contribution in [0.3, 0.4) is 0 Å². The predicted molar refractivity (Wildman–Crippen MR) is 59.7 cm³/mol. The lowest BCUT2D eigenvalue weighted by atomic mass is 9.96. The summed E-state index contributed by atoms with van der Waals surface area (Å²) in [7, 11) is 0. The van der Waals surface area contributed by atoms with E-state index in [4.69, 9.17) is 5.11 Å². The molecular formula is C12H12F5NO2. The number of nitrogens with zero attached hydrogens (tertiary/aromatic N) is 1. The summed E-state index contributed by atoms with van der Waals surface area (Å²) in [6.07, 6.45) is -8.37. The highest BCUT2D eigenvalue weighted by Crippen LogP contribution is 2.34. The van der Waals surface area contributed by atoms with E-state index in [1.54, 1.807) is 13.8 Å². The number of halogens is 5. The highest BCUT2D eigenvalue weighted by Gasteiger charge is 2.39. The van der Waals surface area contributed by atoms with E-state index in [0.717, 1.165) is 6.07 Å². The molecule has 0 atom stereocenters. The zero-order chi connectivity index (χ0) is 15.7. The van der Waals surface area contributed by atoms with E-state index in [2.05, 4.69) is 4.98 Å². The molecule has 3 nitrogen and oxygen atoms in total. The number of carboxylic acid groups (broad SMARTS) is 1. The smallest absolute Gasteiger partial charge is 0.434 e. The summed E-state index contributed by atoms with van der Waals surface area (Å²) in [5.74, 6) is -2.02. The summed E-state index contributed by atoms with van der Waals surface area (Å²) < 4.78 is 63.6. The van der Waals surface area contributed by atoms with Crippen molar-refractivity contribution in [2.75, 3.05) is 0 Å². The third-order valence-corrected chi connectivity index (χ3v) is 2.46. The highest BCUT2D eigenvalue weighted by molar-refractivity contribution is 5.91. The Morgan fingerprint density at radius 3 is 2.25 bits per heavy atom. The average Bonchev–Trinajstić information content (AvgIpc) is 2.25. The molecule has 1 rings (SSSR count). The molecule has 0 saturated carbocycles. The number of carboxylic acids is 1. The molecule has 0 spiro atoms. The Labute approximate surface area is 111 Å². The number of hydrogen-bond acceptors (Lipinski definition) is 2. The van der Waals surface area contributed by atoms with Crippen molar-refractivity contribution in [1.82, 2.24) is 4.98 Å². The van der Waals surface area contributed by atoms with Gasteiger partial charge in [-0.05, 0) is 24.0 Å². The standard InChI is InChI=1S/C12H12F5NO2/c1-5(2)3-6-4-7(10(13)14)18-9(12(15,16)17)8(6)11(19)20/h4-5,10H,3H2,1-2H3,(H,19,20). The molecule has 0 saturated heterocycles. The fourth-order valence-corrected chi connectivity index (χ4v) is 1.78. The third-order valence-electron chi connectivity index (χ3n) is 2.46. The van der Waals surface area contributed by atoms with E-state index < -0.39 is 35.5 Å². The SMILES string of the molecule is CC(C)Cc1cc(C(F)F)nc(C(F)(F)F)c1C(=O)O. The molecule has 8 heteroatoms. The van der Waals surface area contributed by atoms with Crippen molar-refractivity contribution in [2.45, 2.75) is 32.9 Å². The Kier molecular flexibility index (Phi) is 4.67. The van der Waals surface area contributed by atoms with Gasteiger partial charge < -0.3 is 5.11 Å². The highest BCUT2D eigenvalue weighted by atomic mass is 19.4. The van der Waals surface area contributed by atoms with E-state index in [-0.39, 0.29) is 17.9 Å². The molecule has 0 aliphatic heterocycles. The Bertz CT molecular complexity index is 511. The van der Waals surface area contributed by atoms with Gasteiger partial charge in [-0.15, -0.1) is 0 Å². The second-order valence-corrected chi connectivity index (χ2v) is 4.63.